The summed E-state index contributed by atoms with van der Waals surface area (Å²) in [5, 5.41) is 13.4. The summed E-state index contributed by atoms with van der Waals surface area (Å²) in [7, 11) is 0. The van der Waals surface area contributed by atoms with Crippen LogP contribution in [0.2, 0.25) is 0 Å². The van der Waals surface area contributed by atoms with E-state index in [1.807, 2.05) is 0 Å². The molecule has 0 aliphatic carbocycles. The molecule has 193 valence electrons. The van der Waals surface area contributed by atoms with Gasteiger partial charge in [-0.15, -0.1) is 0 Å². The quantitative estimate of drug-likeness (QED) is 0.162. The van der Waals surface area contributed by atoms with Gasteiger partial charge in [0.25, 0.3) is 0 Å². The highest BCUT2D eigenvalue weighted by atomic mass is 127. The Balaban J connectivity index is 7.57. The third-order valence-electron chi connectivity index (χ3n) is 3.69. The van der Waals surface area contributed by atoms with Crippen molar-refractivity contribution in [2.24, 2.45) is 5.41 Å². The molecule has 22 heteroatoms. The number of hydrogen-bond donors (Lipinski definition) is 0. The Bertz CT molecular complexity index is 647. The fourth-order valence-corrected chi connectivity index (χ4v) is 54.1. The van der Waals surface area contributed by atoms with E-state index in [1.165, 1.54) is 0 Å². The van der Waals surface area contributed by atoms with E-state index in [0.717, 1.165) is 0 Å². The highest BCUT2D eigenvalue weighted by Crippen LogP contribution is 2.86. The molecule has 0 amide bonds. The van der Waals surface area contributed by atoms with Gasteiger partial charge in [0.05, 0.1) is 5.41 Å². The van der Waals surface area contributed by atoms with Crippen molar-refractivity contribution >= 4 is 474 Å². The zero-order chi connectivity index (χ0) is 27.0. The van der Waals surface area contributed by atoms with Gasteiger partial charge >= 0.3 is 0 Å². The van der Waals surface area contributed by atoms with Crippen molar-refractivity contribution in [3.8, 4) is 0 Å². The second-order valence-electron chi connectivity index (χ2n) is 5.63. The third kappa shape index (κ3) is 9.58. The van der Waals surface area contributed by atoms with Crippen LogP contribution in [0.15, 0.2) is 0 Å². The van der Waals surface area contributed by atoms with Crippen molar-refractivity contribution in [3.05, 3.63) is 0 Å². The van der Waals surface area contributed by atoms with Crippen molar-refractivity contribution in [2.45, 2.75) is 7.06 Å². The van der Waals surface area contributed by atoms with Gasteiger partial charge in [-0.3, -0.25) is 0 Å². The molecule has 0 aliphatic heterocycles. The van der Waals surface area contributed by atoms with Gasteiger partial charge in [0.1, 0.15) is 5.45 Å². The molecule has 0 N–H and O–H groups in total. The maximum Gasteiger partial charge on any atom is 0.229 e. The molecule has 0 bridgehead atoms. The van der Waals surface area contributed by atoms with Gasteiger partial charge in [0.2, 0.25) is 1.61 Å². The average Bonchev–Trinajstić information content (AvgIpc) is 2.39. The van der Waals surface area contributed by atoms with Crippen LogP contribution in [0.4, 0.5) is 0 Å². The zero-order valence-corrected chi connectivity index (χ0v) is 58.7. The molecule has 0 aromatic rings. The molecule has 0 heterocycles. The van der Waals surface area contributed by atoms with E-state index in [4.69, 9.17) is 0 Å². The molecule has 0 rings (SSSR count). The summed E-state index contributed by atoms with van der Waals surface area (Å²) >= 11 is 54.1. The Morgan fingerprint density at radius 2 is 0.469 bits per heavy atom. The van der Waals surface area contributed by atoms with Crippen LogP contribution >= 0.6 is 474 Å². The van der Waals surface area contributed by atoms with E-state index in [2.05, 4.69) is 474 Å². The van der Waals surface area contributed by atoms with E-state index in [0.29, 0.717) is 0 Å². The summed E-state index contributed by atoms with van der Waals surface area (Å²) in [6.07, 6.45) is 0. The molecule has 0 atom stereocenters. The van der Waals surface area contributed by atoms with Crippen LogP contribution < -0.4 is 0 Å². The third-order valence-corrected chi connectivity index (χ3v) is 49.3. The molecule has 1 nitrogen and oxygen atoms in total. The lowest BCUT2D eigenvalue weighted by Gasteiger charge is -2.64. The monoisotopic (exact) mass is 2800 g/mol. The minimum Gasteiger partial charge on any atom is -0.204 e. The molecule has 0 saturated carbocycles. The van der Waals surface area contributed by atoms with Crippen LogP contribution in [0.25, 0.3) is 0 Å². The normalized spacial score (nSPS) is 17.1. The van der Waals surface area contributed by atoms with Crippen LogP contribution in [0, 0.1) is 5.41 Å². The SMILES string of the molecule is [O]C(I)(I)C(I)(I)C(I)(I)C(I)(I)C(I)(I)C(I)(I)C(C(I)(I)I)(C(I)(I)I)C(I)(I)I. The zero-order valence-electron chi connectivity index (χ0n) is 13.3. The summed E-state index contributed by atoms with van der Waals surface area (Å²) in [5.74, 6) is 0. The standard InChI is InChI=1S/C10I21O/c11-2(12,1(7(21,22)23,8(24,25)26)9(27,28)29)3(13,14)4(15,16)5(17,18)6(19,20)10(30,31)32. The molecular weight excluding hydrogens is 2800 g/mol. The highest BCUT2D eigenvalue weighted by molar-refractivity contribution is 14.3. The summed E-state index contributed by atoms with van der Waals surface area (Å²) < 4.78 is -3.27. The van der Waals surface area contributed by atoms with Gasteiger partial charge in [0, 0.05) is 0 Å². The molecule has 0 unspecified atom stereocenters. The summed E-state index contributed by atoms with van der Waals surface area (Å²) in [5.41, 5.74) is -0.193. The summed E-state index contributed by atoms with van der Waals surface area (Å²) in [6, 6.07) is 0. The van der Waals surface area contributed by atoms with Crippen molar-refractivity contribution in [1.29, 1.82) is 0 Å². The second-order valence-corrected chi connectivity index (χ2v) is 70.4. The minimum atomic E-state index is -1.17. The number of rotatable bonds is 9. The Morgan fingerprint density at radius 3 is 0.656 bits per heavy atom. The molecule has 0 saturated heterocycles. The lowest BCUT2D eigenvalue weighted by atomic mass is 9.88. The average molecular weight is 2800 g/mol. The molecule has 1 radical (unpaired) electrons. The molecule has 0 aliphatic rings. The minimum absolute atomic E-state index is 0.111. The lowest BCUT2D eigenvalue weighted by Crippen LogP contribution is -2.72. The van der Waals surface area contributed by atoms with Crippen molar-refractivity contribution in [1.82, 2.24) is 0 Å². The van der Waals surface area contributed by atoms with Crippen LogP contribution in [0.3, 0.4) is 0 Å². The van der Waals surface area contributed by atoms with Crippen molar-refractivity contribution < 1.29 is 5.11 Å². The van der Waals surface area contributed by atoms with E-state index >= 15 is 0 Å². The maximum atomic E-state index is 13.4. The van der Waals surface area contributed by atoms with E-state index in [1.54, 1.807) is 0 Å². The predicted octanol–water partition coefficient (Wildman–Crippen LogP) is 16.6. The number of alkyl halides is 21. The first-order chi connectivity index (χ1) is 13.2. The first kappa shape index (κ1) is 47.3. The van der Waals surface area contributed by atoms with E-state index in [9.17, 15) is 5.11 Å². The fourth-order valence-electron chi connectivity index (χ4n) is 2.03. The van der Waals surface area contributed by atoms with Gasteiger partial charge in [0.15, 0.2) is 0 Å². The number of hydrogen-bond acceptors (Lipinski definition) is 0. The first-order valence-electron chi connectivity index (χ1n) is 6.42. The van der Waals surface area contributed by atoms with Crippen LogP contribution in [0.1, 0.15) is 0 Å². The second kappa shape index (κ2) is 16.8. The Labute approximate surface area is 475 Å². The molecular formula is C10I21O. The van der Waals surface area contributed by atoms with E-state index in [-0.39, 0.29) is 9.43 Å². The predicted molar refractivity (Wildman–Crippen MR) is 322 cm³/mol. The smallest absolute Gasteiger partial charge is 0.204 e. The van der Waals surface area contributed by atoms with Gasteiger partial charge in [-0.05, 0) is 45.2 Å². The first-order valence-corrected chi connectivity index (χ1v) is 29.1. The largest absolute Gasteiger partial charge is 0.229 e. The molecule has 32 heavy (non-hydrogen) atoms. The van der Waals surface area contributed by atoms with Crippen molar-refractivity contribution in [3.63, 3.8) is 0 Å². The highest BCUT2D eigenvalue weighted by Gasteiger charge is 2.83. The topological polar surface area (TPSA) is 19.9 Å². The summed E-state index contributed by atoms with van der Waals surface area (Å²) in [4.78, 5) is 0. The summed E-state index contributed by atoms with van der Waals surface area (Å²) in [6.45, 7) is 0. The van der Waals surface area contributed by atoms with Gasteiger partial charge in [-0.25, -0.2) is 5.11 Å². The molecule has 0 aromatic heterocycles. The molecule has 0 fully saturated rings. The Kier molecular flexibility index (Phi) is 24.8. The Hall–Kier alpha value is 15.3. The lowest BCUT2D eigenvalue weighted by molar-refractivity contribution is 0.161. The molecule has 0 spiro atoms. The maximum absolute atomic E-state index is 13.4. The van der Waals surface area contributed by atoms with Crippen LogP contribution in [0.5, 0.6) is 0 Å². The van der Waals surface area contributed by atoms with E-state index < -0.39 is 3.04 Å². The molecule has 0 aromatic carbocycles. The Morgan fingerprint density at radius 1 is 0.281 bits per heavy atom. The van der Waals surface area contributed by atoms with Crippen LogP contribution in [-0.2, 0) is 5.11 Å². The van der Waals surface area contributed by atoms with Gasteiger partial charge in [-0.2, -0.15) is 0 Å². The fraction of sp³-hybridized carbons (Fsp3) is 1.00. The number of halogens is 21. The van der Waals surface area contributed by atoms with Crippen LogP contribution in [-0.4, -0.2) is 7.06 Å². The van der Waals surface area contributed by atoms with Gasteiger partial charge in [-0.1, -0.05) is 429 Å². The van der Waals surface area contributed by atoms with Crippen molar-refractivity contribution in [2.75, 3.05) is 0 Å². The van der Waals surface area contributed by atoms with Gasteiger partial charge < -0.3 is 0 Å².